The van der Waals surface area contributed by atoms with Crippen molar-refractivity contribution in [3.8, 4) is 0 Å². The Morgan fingerprint density at radius 1 is 1.11 bits per heavy atom. The maximum Gasteiger partial charge on any atom is 0.262 e. The number of hydrogen-bond donors (Lipinski definition) is 0. The first-order valence-electron chi connectivity index (χ1n) is 8.80. The number of benzene rings is 1. The van der Waals surface area contributed by atoms with Crippen LogP contribution in [0.15, 0.2) is 46.6 Å². The minimum atomic E-state index is -0.0509. The molecule has 9 nitrogen and oxygen atoms in total. The van der Waals surface area contributed by atoms with Crippen molar-refractivity contribution in [1.29, 1.82) is 0 Å². The van der Waals surface area contributed by atoms with Crippen LogP contribution in [0.1, 0.15) is 12.7 Å². The van der Waals surface area contributed by atoms with Gasteiger partial charge in [-0.2, -0.15) is 5.10 Å². The van der Waals surface area contributed by atoms with Gasteiger partial charge in [0, 0.05) is 13.6 Å². The smallest absolute Gasteiger partial charge is 0.262 e. The molecule has 0 unspecified atom stereocenters. The van der Waals surface area contributed by atoms with E-state index in [9.17, 15) is 4.79 Å². The van der Waals surface area contributed by atoms with Crippen LogP contribution in [0.3, 0.4) is 0 Å². The molecule has 0 saturated heterocycles. The van der Waals surface area contributed by atoms with E-state index in [1.165, 1.54) is 0 Å². The van der Waals surface area contributed by atoms with Crippen LogP contribution >= 0.6 is 11.8 Å². The molecule has 10 heteroatoms. The second kappa shape index (κ2) is 6.41. The van der Waals surface area contributed by atoms with Crippen molar-refractivity contribution in [2.75, 3.05) is 0 Å². The van der Waals surface area contributed by atoms with Crippen LogP contribution in [-0.2, 0) is 19.3 Å². The summed E-state index contributed by atoms with van der Waals surface area (Å²) < 4.78 is 5.32. The fourth-order valence-electron chi connectivity index (χ4n) is 3.38. The molecule has 0 fully saturated rings. The highest BCUT2D eigenvalue weighted by Crippen LogP contribution is 2.27. The van der Waals surface area contributed by atoms with Crippen LogP contribution in [0.5, 0.6) is 0 Å². The summed E-state index contributed by atoms with van der Waals surface area (Å²) in [6.07, 6.45) is 3.31. The lowest BCUT2D eigenvalue weighted by atomic mass is 10.2. The van der Waals surface area contributed by atoms with Gasteiger partial charge in [0.2, 0.25) is 5.78 Å². The van der Waals surface area contributed by atoms with Crippen molar-refractivity contribution < 1.29 is 0 Å². The van der Waals surface area contributed by atoms with E-state index in [1.54, 1.807) is 33.5 Å². The van der Waals surface area contributed by atoms with Gasteiger partial charge in [-0.1, -0.05) is 23.9 Å². The predicted octanol–water partition coefficient (Wildman–Crippen LogP) is 2.03. The maximum absolute atomic E-state index is 12.8. The zero-order valence-electron chi connectivity index (χ0n) is 15.3. The van der Waals surface area contributed by atoms with Gasteiger partial charge < -0.3 is 0 Å². The van der Waals surface area contributed by atoms with Gasteiger partial charge in [0.1, 0.15) is 17.2 Å². The summed E-state index contributed by atoms with van der Waals surface area (Å²) in [7, 11) is 1.85. The first-order valence-corrected chi connectivity index (χ1v) is 9.78. The Morgan fingerprint density at radius 2 is 1.96 bits per heavy atom. The van der Waals surface area contributed by atoms with Gasteiger partial charge in [-0.3, -0.25) is 18.4 Å². The van der Waals surface area contributed by atoms with E-state index in [0.717, 1.165) is 27.4 Å². The number of rotatable bonds is 4. The fraction of sp³-hybridized carbons (Fsp3) is 0.222. The molecule has 0 aliphatic rings. The third kappa shape index (κ3) is 2.41. The zero-order chi connectivity index (χ0) is 19.3. The highest BCUT2D eigenvalue weighted by molar-refractivity contribution is 7.98. The van der Waals surface area contributed by atoms with Gasteiger partial charge in [-0.05, 0) is 19.1 Å². The quantitative estimate of drug-likeness (QED) is 0.341. The van der Waals surface area contributed by atoms with E-state index in [1.807, 2.05) is 42.6 Å². The van der Waals surface area contributed by atoms with Crippen molar-refractivity contribution in [2.45, 2.75) is 24.2 Å². The molecule has 5 rings (SSSR count). The van der Waals surface area contributed by atoms with Crippen LogP contribution in [-0.4, -0.2) is 38.9 Å². The molecule has 5 aromatic rings. The Bertz CT molecular complexity index is 1400. The van der Waals surface area contributed by atoms with E-state index in [2.05, 4.69) is 25.3 Å². The first-order chi connectivity index (χ1) is 13.7. The summed E-state index contributed by atoms with van der Waals surface area (Å²) in [5, 5.41) is 15.3. The SMILES string of the molecule is CCn1c(=O)c2ccccc2n2c(CSc3ncnc4c3cnn4C)nnc12. The molecule has 0 bridgehead atoms. The number of thioether (sulfide) groups is 1. The number of nitrogens with zero attached hydrogens (tertiary/aromatic N) is 8. The Labute approximate surface area is 163 Å². The second-order valence-corrected chi connectivity index (χ2v) is 7.26. The van der Waals surface area contributed by atoms with Crippen LogP contribution in [0.2, 0.25) is 0 Å². The van der Waals surface area contributed by atoms with Crippen LogP contribution in [0, 0.1) is 0 Å². The highest BCUT2D eigenvalue weighted by Gasteiger charge is 2.16. The standard InChI is InChI=1S/C18H16N8OS/c1-3-25-17(27)11-6-4-5-7-13(11)26-14(22-23-18(25)26)9-28-16-12-8-21-24(2)15(12)19-10-20-16/h4-8,10H,3,9H2,1-2H3. The Morgan fingerprint density at radius 3 is 2.82 bits per heavy atom. The van der Waals surface area contributed by atoms with Crippen molar-refractivity contribution in [1.82, 2.24) is 38.9 Å². The maximum atomic E-state index is 12.8. The number of aromatic nitrogens is 8. The van der Waals surface area contributed by atoms with Gasteiger partial charge in [0.15, 0.2) is 5.65 Å². The normalized spacial score (nSPS) is 11.8. The Hall–Kier alpha value is -3.27. The number of hydrogen-bond acceptors (Lipinski definition) is 7. The summed E-state index contributed by atoms with van der Waals surface area (Å²) in [6, 6.07) is 7.54. The lowest BCUT2D eigenvalue weighted by Gasteiger charge is -2.09. The largest absolute Gasteiger partial charge is 0.277 e. The van der Waals surface area contributed by atoms with Gasteiger partial charge in [0.25, 0.3) is 5.56 Å². The van der Waals surface area contributed by atoms with E-state index >= 15 is 0 Å². The van der Waals surface area contributed by atoms with Crippen LogP contribution in [0.4, 0.5) is 0 Å². The average molecular weight is 392 g/mol. The predicted molar refractivity (Wildman–Crippen MR) is 106 cm³/mol. The van der Waals surface area contributed by atoms with E-state index in [-0.39, 0.29) is 5.56 Å². The second-order valence-electron chi connectivity index (χ2n) is 6.29. The summed E-state index contributed by atoms with van der Waals surface area (Å²) in [5.41, 5.74) is 1.54. The minimum absolute atomic E-state index is 0.0509. The summed E-state index contributed by atoms with van der Waals surface area (Å²) in [6.45, 7) is 2.46. The van der Waals surface area contributed by atoms with Crippen molar-refractivity contribution in [2.24, 2.45) is 7.05 Å². The van der Waals surface area contributed by atoms with E-state index < -0.39 is 0 Å². The molecule has 0 N–H and O–H groups in total. The van der Waals surface area contributed by atoms with Gasteiger partial charge in [-0.15, -0.1) is 10.2 Å². The molecule has 0 aliphatic carbocycles. The molecule has 4 heterocycles. The highest BCUT2D eigenvalue weighted by atomic mass is 32.2. The molecule has 0 spiro atoms. The Kier molecular flexibility index (Phi) is 3.86. The number of fused-ring (bicyclic) bond motifs is 4. The van der Waals surface area contributed by atoms with E-state index in [4.69, 9.17) is 0 Å². The molecule has 0 radical (unpaired) electrons. The summed E-state index contributed by atoms with van der Waals surface area (Å²) >= 11 is 1.55. The van der Waals surface area contributed by atoms with Gasteiger partial charge >= 0.3 is 0 Å². The third-order valence-electron chi connectivity index (χ3n) is 4.72. The summed E-state index contributed by atoms with van der Waals surface area (Å²) in [5.74, 6) is 1.86. The monoisotopic (exact) mass is 392 g/mol. The molecule has 0 aliphatic heterocycles. The molecule has 28 heavy (non-hydrogen) atoms. The van der Waals surface area contributed by atoms with Crippen molar-refractivity contribution in [3.05, 3.63) is 53.0 Å². The van der Waals surface area contributed by atoms with Crippen molar-refractivity contribution in [3.63, 3.8) is 0 Å². The third-order valence-corrected chi connectivity index (χ3v) is 5.72. The molecule has 1 aromatic carbocycles. The lowest BCUT2D eigenvalue weighted by Crippen LogP contribution is -2.22. The van der Waals surface area contributed by atoms with Crippen molar-refractivity contribution >= 4 is 39.5 Å². The molecule has 0 amide bonds. The van der Waals surface area contributed by atoms with E-state index in [0.29, 0.717) is 23.5 Å². The van der Waals surface area contributed by atoms with Crippen LogP contribution in [0.25, 0.3) is 27.7 Å². The minimum Gasteiger partial charge on any atom is -0.277 e. The molecular formula is C18H16N8OS. The lowest BCUT2D eigenvalue weighted by molar-refractivity contribution is 0.735. The molecule has 4 aromatic heterocycles. The topological polar surface area (TPSA) is 95.8 Å². The van der Waals surface area contributed by atoms with Gasteiger partial charge in [-0.25, -0.2) is 9.97 Å². The molecule has 0 atom stereocenters. The number of aryl methyl sites for hydroxylation is 2. The Balaban J connectivity index is 1.64. The molecule has 0 saturated carbocycles. The zero-order valence-corrected chi connectivity index (χ0v) is 16.1. The average Bonchev–Trinajstić information content (AvgIpc) is 3.31. The summed E-state index contributed by atoms with van der Waals surface area (Å²) in [4.78, 5) is 21.4. The van der Waals surface area contributed by atoms with Crippen LogP contribution < -0.4 is 5.56 Å². The molecule has 140 valence electrons. The first kappa shape index (κ1) is 16.9. The number of para-hydroxylation sites is 1. The fourth-order valence-corrected chi connectivity index (χ4v) is 4.26. The molecular weight excluding hydrogens is 376 g/mol. The van der Waals surface area contributed by atoms with Gasteiger partial charge in [0.05, 0.1) is 28.2 Å².